The number of methoxy groups -OCH3 is 1. The summed E-state index contributed by atoms with van der Waals surface area (Å²) < 4.78 is 4.75. The topological polar surface area (TPSA) is 26.3 Å². The van der Waals surface area contributed by atoms with Crippen molar-refractivity contribution in [2.24, 2.45) is 0 Å². The second-order valence-electron chi connectivity index (χ2n) is 7.68. The summed E-state index contributed by atoms with van der Waals surface area (Å²) in [6.45, 7) is 11.3. The third-order valence-corrected chi connectivity index (χ3v) is 6.21. The lowest BCUT2D eigenvalue weighted by molar-refractivity contribution is -0.140. The van der Waals surface area contributed by atoms with Crippen molar-refractivity contribution in [2.75, 3.05) is 7.11 Å². The third kappa shape index (κ3) is 5.00. The van der Waals surface area contributed by atoms with Crippen molar-refractivity contribution in [1.29, 1.82) is 0 Å². The normalized spacial score (nSPS) is 12.1. The van der Waals surface area contributed by atoms with Gasteiger partial charge in [0.2, 0.25) is 0 Å². The summed E-state index contributed by atoms with van der Waals surface area (Å²) in [5, 5.41) is 0. The number of ether oxygens (including phenoxy) is 1. The Morgan fingerprint density at radius 1 is 0.815 bits per heavy atom. The number of esters is 1. The lowest BCUT2D eigenvalue weighted by atomic mass is 9.78. The van der Waals surface area contributed by atoms with Crippen molar-refractivity contribution in [3.8, 4) is 0 Å². The number of carbonyl (C=O) groups excluding carboxylic acids is 1. The smallest absolute Gasteiger partial charge is 0.305 e. The Morgan fingerprint density at radius 2 is 1.37 bits per heavy atom. The van der Waals surface area contributed by atoms with Crippen LogP contribution in [-0.4, -0.2) is 13.1 Å². The number of rotatable bonds is 8. The van der Waals surface area contributed by atoms with E-state index in [0.29, 0.717) is 12.3 Å². The summed E-state index contributed by atoms with van der Waals surface area (Å²) in [5.41, 5.74) is 9.99. The van der Waals surface area contributed by atoms with Gasteiger partial charge in [0.1, 0.15) is 0 Å². The lowest BCUT2D eigenvalue weighted by Crippen LogP contribution is -2.10. The SMILES string of the molecule is COC(=O)CCCCCC(c1ccccc1)c1c(C)c(C)c(C)c(C)c1C. The highest BCUT2D eigenvalue weighted by atomic mass is 16.5. The van der Waals surface area contributed by atoms with Gasteiger partial charge in [-0.3, -0.25) is 4.79 Å². The summed E-state index contributed by atoms with van der Waals surface area (Å²) in [6.07, 6.45) is 4.70. The Bertz CT molecular complexity index is 746. The first-order valence-corrected chi connectivity index (χ1v) is 10.1. The fourth-order valence-corrected chi connectivity index (χ4v) is 4.11. The predicted octanol–water partition coefficient (Wildman–Crippen LogP) is 6.48. The van der Waals surface area contributed by atoms with Gasteiger partial charge < -0.3 is 4.74 Å². The van der Waals surface area contributed by atoms with E-state index in [1.54, 1.807) is 0 Å². The first-order chi connectivity index (χ1) is 12.9. The van der Waals surface area contributed by atoms with E-state index in [9.17, 15) is 4.79 Å². The number of hydrogen-bond donors (Lipinski definition) is 0. The van der Waals surface area contributed by atoms with Crippen molar-refractivity contribution in [1.82, 2.24) is 0 Å². The van der Waals surface area contributed by atoms with Crippen LogP contribution in [0.15, 0.2) is 30.3 Å². The summed E-state index contributed by atoms with van der Waals surface area (Å²) in [6, 6.07) is 10.9. The molecule has 0 bridgehead atoms. The molecule has 146 valence electrons. The molecular formula is C25H34O2. The summed E-state index contributed by atoms with van der Waals surface area (Å²) in [7, 11) is 1.46. The fourth-order valence-electron chi connectivity index (χ4n) is 4.11. The first-order valence-electron chi connectivity index (χ1n) is 10.1. The number of hydrogen-bond acceptors (Lipinski definition) is 2. The summed E-state index contributed by atoms with van der Waals surface area (Å²) in [5.74, 6) is 0.299. The molecule has 1 atom stereocenters. The van der Waals surface area contributed by atoms with Crippen LogP contribution in [0.2, 0.25) is 0 Å². The van der Waals surface area contributed by atoms with Crippen LogP contribution in [0.25, 0.3) is 0 Å². The Labute approximate surface area is 165 Å². The van der Waals surface area contributed by atoms with Crippen molar-refractivity contribution in [3.05, 3.63) is 69.3 Å². The zero-order valence-electron chi connectivity index (χ0n) is 17.8. The van der Waals surface area contributed by atoms with E-state index < -0.39 is 0 Å². The average molecular weight is 367 g/mol. The van der Waals surface area contributed by atoms with Gasteiger partial charge in [0.15, 0.2) is 0 Å². The van der Waals surface area contributed by atoms with Gasteiger partial charge >= 0.3 is 5.97 Å². The molecule has 0 radical (unpaired) electrons. The van der Waals surface area contributed by atoms with Gasteiger partial charge in [0.05, 0.1) is 7.11 Å². The maximum absolute atomic E-state index is 11.3. The zero-order valence-corrected chi connectivity index (χ0v) is 17.8. The second kappa shape index (κ2) is 9.73. The molecule has 0 heterocycles. The van der Waals surface area contributed by atoms with Crippen LogP contribution in [0, 0.1) is 34.6 Å². The van der Waals surface area contributed by atoms with Crippen molar-refractivity contribution in [2.45, 2.75) is 72.6 Å². The number of benzene rings is 2. The van der Waals surface area contributed by atoms with E-state index in [4.69, 9.17) is 4.74 Å². The van der Waals surface area contributed by atoms with Gasteiger partial charge in [-0.25, -0.2) is 0 Å². The largest absolute Gasteiger partial charge is 0.469 e. The summed E-state index contributed by atoms with van der Waals surface area (Å²) >= 11 is 0. The van der Waals surface area contributed by atoms with Crippen LogP contribution < -0.4 is 0 Å². The number of carbonyl (C=O) groups is 1. The van der Waals surface area contributed by atoms with Crippen LogP contribution in [0.5, 0.6) is 0 Å². The van der Waals surface area contributed by atoms with E-state index in [2.05, 4.69) is 65.0 Å². The molecule has 1 unspecified atom stereocenters. The second-order valence-corrected chi connectivity index (χ2v) is 7.68. The van der Waals surface area contributed by atoms with Gasteiger partial charge in [-0.15, -0.1) is 0 Å². The minimum absolute atomic E-state index is 0.105. The third-order valence-electron chi connectivity index (χ3n) is 6.21. The van der Waals surface area contributed by atoms with E-state index in [1.165, 1.54) is 46.1 Å². The highest BCUT2D eigenvalue weighted by Gasteiger charge is 2.21. The van der Waals surface area contributed by atoms with Crippen molar-refractivity contribution in [3.63, 3.8) is 0 Å². The molecule has 27 heavy (non-hydrogen) atoms. The van der Waals surface area contributed by atoms with Gasteiger partial charge in [-0.2, -0.15) is 0 Å². The molecule has 0 aliphatic heterocycles. The quantitative estimate of drug-likeness (QED) is 0.394. The monoisotopic (exact) mass is 366 g/mol. The van der Waals surface area contributed by atoms with Crippen LogP contribution in [0.1, 0.15) is 77.0 Å². The molecule has 2 heteroatoms. The molecule has 0 N–H and O–H groups in total. The molecule has 0 amide bonds. The van der Waals surface area contributed by atoms with E-state index in [1.807, 2.05) is 0 Å². The van der Waals surface area contributed by atoms with E-state index in [0.717, 1.165) is 25.7 Å². The van der Waals surface area contributed by atoms with Gasteiger partial charge in [-0.05, 0) is 86.4 Å². The molecule has 0 aliphatic carbocycles. The van der Waals surface area contributed by atoms with Crippen LogP contribution in [0.3, 0.4) is 0 Å². The van der Waals surface area contributed by atoms with Crippen molar-refractivity contribution < 1.29 is 9.53 Å². The maximum atomic E-state index is 11.3. The van der Waals surface area contributed by atoms with Gasteiger partial charge in [0.25, 0.3) is 0 Å². The minimum atomic E-state index is -0.105. The molecule has 2 rings (SSSR count). The van der Waals surface area contributed by atoms with Crippen LogP contribution >= 0.6 is 0 Å². The maximum Gasteiger partial charge on any atom is 0.305 e. The number of unbranched alkanes of at least 4 members (excludes halogenated alkanes) is 2. The lowest BCUT2D eigenvalue weighted by Gasteiger charge is -2.26. The highest BCUT2D eigenvalue weighted by molar-refractivity contribution is 5.68. The standard InChI is InChI=1S/C25H34O2/c1-17-18(2)20(4)25(21(5)19(17)3)23(22-13-9-7-10-14-22)15-11-8-12-16-24(26)27-6/h7,9-10,13-14,23H,8,11-12,15-16H2,1-6H3. The first kappa shape index (κ1) is 21.2. The van der Waals surface area contributed by atoms with E-state index in [-0.39, 0.29) is 5.97 Å². The average Bonchev–Trinajstić information content (AvgIpc) is 2.69. The molecule has 2 nitrogen and oxygen atoms in total. The molecule has 0 aliphatic rings. The molecule has 2 aromatic rings. The predicted molar refractivity (Wildman–Crippen MR) is 114 cm³/mol. The Morgan fingerprint density at radius 3 is 1.93 bits per heavy atom. The van der Waals surface area contributed by atoms with Crippen LogP contribution in [0.4, 0.5) is 0 Å². The summed E-state index contributed by atoms with van der Waals surface area (Å²) in [4.78, 5) is 11.3. The molecule has 0 spiro atoms. The molecule has 0 saturated heterocycles. The van der Waals surface area contributed by atoms with Gasteiger partial charge in [0, 0.05) is 12.3 Å². The molecule has 0 saturated carbocycles. The van der Waals surface area contributed by atoms with Gasteiger partial charge in [-0.1, -0.05) is 43.2 Å². The van der Waals surface area contributed by atoms with E-state index >= 15 is 0 Å². The Kier molecular flexibility index (Phi) is 7.65. The molecular weight excluding hydrogens is 332 g/mol. The van der Waals surface area contributed by atoms with Crippen molar-refractivity contribution >= 4 is 5.97 Å². The minimum Gasteiger partial charge on any atom is -0.469 e. The Hall–Kier alpha value is -2.09. The molecule has 0 fully saturated rings. The zero-order chi connectivity index (χ0) is 20.0. The molecule has 2 aromatic carbocycles. The molecule has 0 aromatic heterocycles. The Balaban J connectivity index is 2.29. The highest BCUT2D eigenvalue weighted by Crippen LogP contribution is 2.38. The fraction of sp³-hybridized carbons (Fsp3) is 0.480. The van der Waals surface area contributed by atoms with Crippen LogP contribution in [-0.2, 0) is 9.53 Å².